The van der Waals surface area contributed by atoms with Gasteiger partial charge in [-0.05, 0) is 6.42 Å². The van der Waals surface area contributed by atoms with E-state index in [9.17, 15) is 0 Å². The molecule has 5 heteroatoms. The zero-order valence-corrected chi connectivity index (χ0v) is 7.23. The molecule has 2 N–H and O–H groups in total. The summed E-state index contributed by atoms with van der Waals surface area (Å²) in [6, 6.07) is 0. The highest BCUT2D eigenvalue weighted by atomic mass is 16.7. The number of hydrogen-bond acceptors (Lipinski definition) is 5. The van der Waals surface area contributed by atoms with E-state index >= 15 is 0 Å². The van der Waals surface area contributed by atoms with Crippen molar-refractivity contribution in [3.63, 3.8) is 0 Å². The van der Waals surface area contributed by atoms with Gasteiger partial charge in [-0.25, -0.2) is 0 Å². The normalized spacial score (nSPS) is 13.2. The van der Waals surface area contributed by atoms with Crippen LogP contribution in [-0.4, -0.2) is 43.3 Å². The van der Waals surface area contributed by atoms with Crippen LogP contribution in [0.3, 0.4) is 0 Å². The second-order valence-electron chi connectivity index (χ2n) is 2.15. The Bertz CT molecular complexity index is 87.9. The minimum atomic E-state index is -0.350. The Hall–Kier alpha value is -0.200. The maximum atomic E-state index is 8.42. The summed E-state index contributed by atoms with van der Waals surface area (Å²) in [5.74, 6) is 0. The quantitative estimate of drug-likeness (QED) is 0.395. The third-order valence-corrected chi connectivity index (χ3v) is 1.33. The molecule has 0 saturated carbocycles. The summed E-state index contributed by atoms with van der Waals surface area (Å²) in [4.78, 5) is 0. The van der Waals surface area contributed by atoms with Crippen LogP contribution in [0.25, 0.3) is 0 Å². The fourth-order valence-electron chi connectivity index (χ4n) is 0.665. The van der Waals surface area contributed by atoms with Crippen LogP contribution in [0.5, 0.6) is 0 Å². The van der Waals surface area contributed by atoms with E-state index in [0.717, 1.165) is 6.42 Å². The van der Waals surface area contributed by atoms with Crippen LogP contribution in [0.4, 0.5) is 0 Å². The fourth-order valence-corrected chi connectivity index (χ4v) is 0.665. The molecule has 0 aliphatic rings. The lowest BCUT2D eigenvalue weighted by Crippen LogP contribution is -2.20. The number of aliphatic hydroxyl groups excluding tert-OH is 2. The molecule has 0 amide bonds. The number of hydrogen-bond donors (Lipinski definition) is 2. The molecule has 0 fully saturated rings. The van der Waals surface area contributed by atoms with Crippen molar-refractivity contribution in [3.05, 3.63) is 0 Å². The Labute approximate surface area is 71.9 Å². The molecule has 74 valence electrons. The van der Waals surface area contributed by atoms with Gasteiger partial charge in [0.2, 0.25) is 0 Å². The Morgan fingerprint density at radius 1 is 1.17 bits per heavy atom. The van der Waals surface area contributed by atoms with Crippen LogP contribution >= 0.6 is 0 Å². The van der Waals surface area contributed by atoms with Crippen molar-refractivity contribution in [2.45, 2.75) is 19.4 Å². The molecule has 0 spiro atoms. The second kappa shape index (κ2) is 8.89. The molecule has 0 aromatic carbocycles. The first-order valence-corrected chi connectivity index (χ1v) is 3.84. The summed E-state index contributed by atoms with van der Waals surface area (Å²) in [7, 11) is 0. The van der Waals surface area contributed by atoms with Crippen LogP contribution in [0.15, 0.2) is 0 Å². The van der Waals surface area contributed by atoms with Gasteiger partial charge in [0.25, 0.3) is 0 Å². The van der Waals surface area contributed by atoms with Crippen LogP contribution < -0.4 is 0 Å². The molecule has 12 heavy (non-hydrogen) atoms. The van der Waals surface area contributed by atoms with Crippen molar-refractivity contribution in [2.75, 3.05) is 27.0 Å². The predicted octanol–water partition coefficient (Wildman–Crippen LogP) is -0.328. The van der Waals surface area contributed by atoms with Crippen LogP contribution in [-0.2, 0) is 14.2 Å². The zero-order valence-electron chi connectivity index (χ0n) is 7.23. The minimum Gasteiger partial charge on any atom is -0.371 e. The summed E-state index contributed by atoms with van der Waals surface area (Å²) >= 11 is 0. The molecular formula is C7H16O5. The van der Waals surface area contributed by atoms with Gasteiger partial charge in [-0.1, -0.05) is 6.92 Å². The first-order chi connectivity index (χ1) is 5.85. The van der Waals surface area contributed by atoms with Gasteiger partial charge in [0.1, 0.15) is 20.4 Å². The average molecular weight is 180 g/mol. The maximum absolute atomic E-state index is 8.42. The highest BCUT2D eigenvalue weighted by molar-refractivity contribution is 4.50. The van der Waals surface area contributed by atoms with Crippen LogP contribution in [0.1, 0.15) is 13.3 Å². The zero-order chi connectivity index (χ0) is 9.23. The van der Waals surface area contributed by atoms with E-state index in [1.54, 1.807) is 0 Å². The van der Waals surface area contributed by atoms with Crippen molar-refractivity contribution in [1.82, 2.24) is 0 Å². The molecule has 1 atom stereocenters. The Balaban J connectivity index is 3.19. The van der Waals surface area contributed by atoms with Gasteiger partial charge in [0, 0.05) is 0 Å². The van der Waals surface area contributed by atoms with E-state index in [0.29, 0.717) is 6.61 Å². The van der Waals surface area contributed by atoms with Crippen molar-refractivity contribution in [3.8, 4) is 0 Å². The monoisotopic (exact) mass is 180 g/mol. The number of ether oxygens (including phenoxy) is 3. The number of rotatable bonds is 8. The summed E-state index contributed by atoms with van der Waals surface area (Å²) < 4.78 is 14.4. The Morgan fingerprint density at radius 3 is 2.42 bits per heavy atom. The minimum absolute atomic E-state index is 0.0434. The SMILES string of the molecule is CCC(COCOCO)OCO. The molecule has 0 heterocycles. The molecular weight excluding hydrogens is 164 g/mol. The van der Waals surface area contributed by atoms with Crippen LogP contribution in [0.2, 0.25) is 0 Å². The van der Waals surface area contributed by atoms with Gasteiger partial charge < -0.3 is 24.4 Å². The lowest BCUT2D eigenvalue weighted by molar-refractivity contribution is -0.141. The predicted molar refractivity (Wildman–Crippen MR) is 41.2 cm³/mol. The standard InChI is InChI=1S/C7H16O5/c1-2-7(12-5-9)3-10-6-11-4-8/h7-9H,2-6H2,1H3. The molecule has 5 nitrogen and oxygen atoms in total. The fraction of sp³-hybridized carbons (Fsp3) is 1.00. The van der Waals surface area contributed by atoms with E-state index in [1.807, 2.05) is 6.92 Å². The molecule has 0 aliphatic carbocycles. The lowest BCUT2D eigenvalue weighted by Gasteiger charge is -2.13. The van der Waals surface area contributed by atoms with Gasteiger partial charge in [-0.15, -0.1) is 0 Å². The van der Waals surface area contributed by atoms with Crippen molar-refractivity contribution in [1.29, 1.82) is 0 Å². The third kappa shape index (κ3) is 6.51. The molecule has 0 saturated heterocycles. The van der Waals surface area contributed by atoms with Gasteiger partial charge in [-0.2, -0.15) is 0 Å². The van der Waals surface area contributed by atoms with Gasteiger partial charge >= 0.3 is 0 Å². The molecule has 0 aromatic heterocycles. The maximum Gasteiger partial charge on any atom is 0.149 e. The van der Waals surface area contributed by atoms with E-state index in [2.05, 4.69) is 4.74 Å². The van der Waals surface area contributed by atoms with E-state index in [1.165, 1.54) is 0 Å². The smallest absolute Gasteiger partial charge is 0.149 e. The van der Waals surface area contributed by atoms with E-state index in [4.69, 9.17) is 19.7 Å². The van der Waals surface area contributed by atoms with Crippen molar-refractivity contribution < 1.29 is 24.4 Å². The van der Waals surface area contributed by atoms with E-state index in [-0.39, 0.29) is 26.5 Å². The highest BCUT2D eigenvalue weighted by Gasteiger charge is 2.04. The Morgan fingerprint density at radius 2 is 1.92 bits per heavy atom. The number of aliphatic hydroxyl groups is 2. The van der Waals surface area contributed by atoms with Crippen LogP contribution in [0, 0.1) is 0 Å². The molecule has 0 rings (SSSR count). The van der Waals surface area contributed by atoms with Crippen molar-refractivity contribution in [2.24, 2.45) is 0 Å². The molecule has 0 aromatic rings. The second-order valence-corrected chi connectivity index (χ2v) is 2.15. The summed E-state index contributed by atoms with van der Waals surface area (Å²) in [6.07, 6.45) is 0.650. The Kier molecular flexibility index (Phi) is 8.74. The van der Waals surface area contributed by atoms with Gasteiger partial charge in [-0.3, -0.25) is 0 Å². The average Bonchev–Trinajstić information content (AvgIpc) is 2.10. The molecule has 0 radical (unpaired) electrons. The summed E-state index contributed by atoms with van der Waals surface area (Å²) in [5, 5.41) is 16.6. The molecule has 0 aliphatic heterocycles. The summed E-state index contributed by atoms with van der Waals surface area (Å²) in [6.45, 7) is 1.68. The lowest BCUT2D eigenvalue weighted by atomic mass is 10.3. The molecule has 1 unspecified atom stereocenters. The third-order valence-electron chi connectivity index (χ3n) is 1.33. The van der Waals surface area contributed by atoms with Gasteiger partial charge in [0.05, 0.1) is 12.7 Å². The molecule has 0 bridgehead atoms. The topological polar surface area (TPSA) is 68.2 Å². The van der Waals surface area contributed by atoms with Gasteiger partial charge in [0.15, 0.2) is 0 Å². The summed E-state index contributed by atoms with van der Waals surface area (Å²) in [5.41, 5.74) is 0. The first-order valence-electron chi connectivity index (χ1n) is 3.84. The van der Waals surface area contributed by atoms with E-state index < -0.39 is 0 Å². The van der Waals surface area contributed by atoms with Crippen molar-refractivity contribution >= 4 is 0 Å². The first kappa shape index (κ1) is 11.8. The highest BCUT2D eigenvalue weighted by Crippen LogP contribution is 1.97. The largest absolute Gasteiger partial charge is 0.371 e.